The van der Waals surface area contributed by atoms with Crippen LogP contribution in [0.15, 0.2) is 47.4 Å². The van der Waals surface area contributed by atoms with Gasteiger partial charge in [-0.25, -0.2) is 13.2 Å². The Balaban J connectivity index is 2.07. The number of hydrogen-bond donors (Lipinski definition) is 2. The van der Waals surface area contributed by atoms with Crippen molar-refractivity contribution in [1.82, 2.24) is 9.62 Å². The maximum atomic E-state index is 12.7. The molecule has 0 aliphatic carbocycles. The molecule has 7 nitrogen and oxygen atoms in total. The molecule has 2 N–H and O–H groups in total. The zero-order valence-corrected chi connectivity index (χ0v) is 15.5. The highest BCUT2D eigenvalue weighted by Crippen LogP contribution is 2.24. The first kappa shape index (κ1) is 20.1. The number of rotatable bonds is 7. The number of carbonyl (C=O) groups excluding carboxylic acids is 1. The van der Waals surface area contributed by atoms with Crippen molar-refractivity contribution in [2.24, 2.45) is 5.92 Å². The standard InChI is InChI=1S/C18H24N2O5S/c1-2-3-11-16(18(22)23)19-17(21)14-8-7-12-20(13-14)26(24,25)15-9-5-4-6-10-15/h2-6,9-10,14,16H,7-8,11-13H2,1H3,(H,19,21)(H,22,23)/b3-2+. The maximum absolute atomic E-state index is 12.7. The molecular weight excluding hydrogens is 356 g/mol. The fourth-order valence-electron chi connectivity index (χ4n) is 2.90. The van der Waals surface area contributed by atoms with Crippen LogP contribution >= 0.6 is 0 Å². The van der Waals surface area contributed by atoms with Gasteiger partial charge in [0, 0.05) is 13.1 Å². The van der Waals surface area contributed by atoms with Crippen LogP contribution in [0.1, 0.15) is 26.2 Å². The van der Waals surface area contributed by atoms with Crippen LogP contribution in [0.5, 0.6) is 0 Å². The number of nitrogens with one attached hydrogen (secondary N) is 1. The monoisotopic (exact) mass is 380 g/mol. The van der Waals surface area contributed by atoms with Gasteiger partial charge in [0.25, 0.3) is 0 Å². The minimum absolute atomic E-state index is 0.0546. The zero-order chi connectivity index (χ0) is 19.2. The number of aliphatic carboxylic acids is 1. The van der Waals surface area contributed by atoms with Crippen LogP contribution in [0.4, 0.5) is 0 Å². The lowest BCUT2D eigenvalue weighted by Gasteiger charge is -2.31. The molecule has 26 heavy (non-hydrogen) atoms. The largest absolute Gasteiger partial charge is 0.480 e. The number of piperidine rings is 1. The molecule has 2 rings (SSSR count). The third-order valence-corrected chi connectivity index (χ3v) is 6.24. The lowest BCUT2D eigenvalue weighted by Crippen LogP contribution is -2.49. The SMILES string of the molecule is C/C=C/CC(NC(=O)C1CCCN(S(=O)(=O)c2ccccc2)C1)C(=O)O. The van der Waals surface area contributed by atoms with Crippen LogP contribution in [-0.4, -0.2) is 48.8 Å². The molecule has 1 saturated heterocycles. The second-order valence-corrected chi connectivity index (χ2v) is 8.16. The highest BCUT2D eigenvalue weighted by molar-refractivity contribution is 7.89. The number of allylic oxidation sites excluding steroid dienone is 1. The van der Waals surface area contributed by atoms with Crippen molar-refractivity contribution in [1.29, 1.82) is 0 Å². The van der Waals surface area contributed by atoms with Gasteiger partial charge in [-0.1, -0.05) is 30.4 Å². The van der Waals surface area contributed by atoms with Crippen LogP contribution in [-0.2, 0) is 19.6 Å². The molecule has 1 aliphatic rings. The molecule has 8 heteroatoms. The summed E-state index contributed by atoms with van der Waals surface area (Å²) in [6, 6.07) is 7.08. The summed E-state index contributed by atoms with van der Waals surface area (Å²) in [5.41, 5.74) is 0. The fourth-order valence-corrected chi connectivity index (χ4v) is 4.44. The van der Waals surface area contributed by atoms with Gasteiger partial charge in [-0.2, -0.15) is 4.31 Å². The number of amides is 1. The Hall–Kier alpha value is -2.19. The quantitative estimate of drug-likeness (QED) is 0.700. The number of sulfonamides is 1. The van der Waals surface area contributed by atoms with Gasteiger partial charge in [-0.15, -0.1) is 0 Å². The van der Waals surface area contributed by atoms with Gasteiger partial charge in [0.05, 0.1) is 10.8 Å². The number of nitrogens with zero attached hydrogens (tertiary/aromatic N) is 1. The molecule has 0 aromatic heterocycles. The summed E-state index contributed by atoms with van der Waals surface area (Å²) in [4.78, 5) is 23.9. The van der Waals surface area contributed by atoms with Crippen LogP contribution < -0.4 is 5.32 Å². The number of hydrogen-bond acceptors (Lipinski definition) is 4. The van der Waals surface area contributed by atoms with Crippen LogP contribution in [0.3, 0.4) is 0 Å². The summed E-state index contributed by atoms with van der Waals surface area (Å²) >= 11 is 0. The van der Waals surface area contributed by atoms with Gasteiger partial charge in [-0.3, -0.25) is 4.79 Å². The van der Waals surface area contributed by atoms with E-state index in [2.05, 4.69) is 5.32 Å². The van der Waals surface area contributed by atoms with E-state index in [1.165, 1.54) is 16.4 Å². The molecule has 1 heterocycles. The Bertz CT molecular complexity index is 761. The average molecular weight is 380 g/mol. The van der Waals surface area contributed by atoms with Crippen molar-refractivity contribution >= 4 is 21.9 Å². The van der Waals surface area contributed by atoms with Crippen molar-refractivity contribution in [3.8, 4) is 0 Å². The van der Waals surface area contributed by atoms with Gasteiger partial charge < -0.3 is 10.4 Å². The molecule has 1 aliphatic heterocycles. The summed E-state index contributed by atoms with van der Waals surface area (Å²) < 4.78 is 26.7. The van der Waals surface area contributed by atoms with Crippen molar-refractivity contribution in [3.05, 3.63) is 42.5 Å². The number of carboxylic acids is 1. The van der Waals surface area contributed by atoms with Gasteiger partial charge in [0.15, 0.2) is 0 Å². The molecule has 0 saturated carbocycles. The van der Waals surface area contributed by atoms with Gasteiger partial charge >= 0.3 is 5.97 Å². The normalized spacial score (nSPS) is 20.0. The smallest absolute Gasteiger partial charge is 0.326 e. The highest BCUT2D eigenvalue weighted by atomic mass is 32.2. The third kappa shape index (κ3) is 4.92. The van der Waals surface area contributed by atoms with Crippen molar-refractivity contribution in [3.63, 3.8) is 0 Å². The van der Waals surface area contributed by atoms with E-state index in [1.54, 1.807) is 37.3 Å². The second-order valence-electron chi connectivity index (χ2n) is 6.22. The average Bonchev–Trinajstić information content (AvgIpc) is 2.65. The summed E-state index contributed by atoms with van der Waals surface area (Å²) in [6.07, 6.45) is 4.67. The van der Waals surface area contributed by atoms with E-state index in [1.807, 2.05) is 0 Å². The Morgan fingerprint density at radius 2 is 2.04 bits per heavy atom. The summed E-state index contributed by atoms with van der Waals surface area (Å²) in [5.74, 6) is -2.09. The molecule has 1 amide bonds. The molecule has 1 aromatic rings. The van der Waals surface area contributed by atoms with Crippen molar-refractivity contribution in [2.45, 2.75) is 37.1 Å². The van der Waals surface area contributed by atoms with E-state index in [0.717, 1.165) is 0 Å². The lowest BCUT2D eigenvalue weighted by atomic mass is 9.98. The fraction of sp³-hybridized carbons (Fsp3) is 0.444. The van der Waals surface area contributed by atoms with Crippen molar-refractivity contribution < 1.29 is 23.1 Å². The molecule has 2 atom stereocenters. The van der Waals surface area contributed by atoms with Gasteiger partial charge in [-0.05, 0) is 38.3 Å². The number of carboxylic acid groups (broad SMARTS) is 1. The zero-order valence-electron chi connectivity index (χ0n) is 14.7. The predicted octanol–water partition coefficient (Wildman–Crippen LogP) is 1.62. The minimum atomic E-state index is -3.66. The minimum Gasteiger partial charge on any atom is -0.480 e. The van der Waals surface area contributed by atoms with E-state index in [0.29, 0.717) is 19.4 Å². The Labute approximate surface area is 153 Å². The molecule has 0 radical (unpaired) electrons. The summed E-state index contributed by atoms with van der Waals surface area (Å²) in [7, 11) is -3.66. The van der Waals surface area contributed by atoms with E-state index in [4.69, 9.17) is 0 Å². The lowest BCUT2D eigenvalue weighted by molar-refractivity contribution is -0.142. The van der Waals surface area contributed by atoms with E-state index >= 15 is 0 Å². The summed E-state index contributed by atoms with van der Waals surface area (Å²) in [6.45, 7) is 2.18. The Kier molecular flexibility index (Phi) is 6.93. The van der Waals surface area contributed by atoms with Crippen LogP contribution in [0.25, 0.3) is 0 Å². The summed E-state index contributed by atoms with van der Waals surface area (Å²) in [5, 5.41) is 11.7. The Morgan fingerprint density at radius 1 is 1.35 bits per heavy atom. The topological polar surface area (TPSA) is 104 Å². The van der Waals surface area contributed by atoms with Gasteiger partial charge in [0.1, 0.15) is 6.04 Å². The molecule has 142 valence electrons. The molecule has 0 spiro atoms. The predicted molar refractivity (Wildman–Crippen MR) is 96.9 cm³/mol. The third-order valence-electron chi connectivity index (χ3n) is 4.36. The Morgan fingerprint density at radius 3 is 2.65 bits per heavy atom. The van der Waals surface area contributed by atoms with Gasteiger partial charge in [0.2, 0.25) is 15.9 Å². The number of benzene rings is 1. The van der Waals surface area contributed by atoms with E-state index < -0.39 is 33.9 Å². The first-order chi connectivity index (χ1) is 12.4. The highest BCUT2D eigenvalue weighted by Gasteiger charge is 2.34. The first-order valence-electron chi connectivity index (χ1n) is 8.55. The molecular formula is C18H24N2O5S. The first-order valence-corrected chi connectivity index (χ1v) is 9.99. The van der Waals surface area contributed by atoms with E-state index in [9.17, 15) is 23.1 Å². The molecule has 1 aromatic carbocycles. The van der Waals surface area contributed by atoms with Crippen molar-refractivity contribution in [2.75, 3.05) is 13.1 Å². The van der Waals surface area contributed by atoms with Crippen LogP contribution in [0.2, 0.25) is 0 Å². The molecule has 1 fully saturated rings. The molecule has 2 unspecified atom stereocenters. The molecule has 0 bridgehead atoms. The van der Waals surface area contributed by atoms with Crippen LogP contribution in [0, 0.1) is 5.92 Å². The maximum Gasteiger partial charge on any atom is 0.326 e. The number of carbonyl (C=O) groups is 2. The van der Waals surface area contributed by atoms with E-state index in [-0.39, 0.29) is 17.9 Å². The second kappa shape index (κ2) is 8.95.